The summed E-state index contributed by atoms with van der Waals surface area (Å²) in [4.78, 5) is 3.90. The fourth-order valence-corrected chi connectivity index (χ4v) is 0.919. The SMILES string of the molecule is CCCOc1ncccc1B(O)O. The Balaban J connectivity index is 2.78. The first kappa shape index (κ1) is 10.0. The molecule has 0 aliphatic heterocycles. The lowest BCUT2D eigenvalue weighted by Gasteiger charge is -2.07. The van der Waals surface area contributed by atoms with Crippen LogP contribution >= 0.6 is 0 Å². The number of hydrogen-bond acceptors (Lipinski definition) is 4. The number of ether oxygens (including phenoxy) is 1. The third kappa shape index (κ3) is 2.71. The van der Waals surface area contributed by atoms with E-state index in [0.717, 1.165) is 6.42 Å². The molecule has 70 valence electrons. The van der Waals surface area contributed by atoms with Crippen molar-refractivity contribution in [2.75, 3.05) is 6.61 Å². The smallest absolute Gasteiger partial charge is 0.478 e. The van der Waals surface area contributed by atoms with Crippen LogP contribution < -0.4 is 10.2 Å². The summed E-state index contributed by atoms with van der Waals surface area (Å²) in [6.07, 6.45) is 2.41. The van der Waals surface area contributed by atoms with Crippen LogP contribution in [0.3, 0.4) is 0 Å². The Kier molecular flexibility index (Phi) is 3.73. The third-order valence-corrected chi connectivity index (χ3v) is 1.52. The van der Waals surface area contributed by atoms with Crippen LogP contribution in [0.5, 0.6) is 5.88 Å². The molecule has 0 bridgehead atoms. The predicted molar refractivity (Wildman–Crippen MR) is 49.8 cm³/mol. The zero-order chi connectivity index (χ0) is 9.68. The number of hydrogen-bond donors (Lipinski definition) is 2. The van der Waals surface area contributed by atoms with E-state index in [2.05, 4.69) is 4.98 Å². The Labute approximate surface area is 77.3 Å². The molecule has 0 saturated heterocycles. The van der Waals surface area contributed by atoms with Gasteiger partial charge in [-0.05, 0) is 12.5 Å². The van der Waals surface area contributed by atoms with Gasteiger partial charge in [-0.1, -0.05) is 13.0 Å². The minimum Gasteiger partial charge on any atom is -0.478 e. The Morgan fingerprint density at radius 2 is 2.31 bits per heavy atom. The molecule has 1 rings (SSSR count). The zero-order valence-corrected chi connectivity index (χ0v) is 7.47. The lowest BCUT2D eigenvalue weighted by atomic mass is 9.81. The molecule has 4 nitrogen and oxygen atoms in total. The van der Waals surface area contributed by atoms with Crippen LogP contribution in [0, 0.1) is 0 Å². The Hall–Kier alpha value is -1.07. The van der Waals surface area contributed by atoms with Gasteiger partial charge in [-0.3, -0.25) is 0 Å². The minimum absolute atomic E-state index is 0.291. The van der Waals surface area contributed by atoms with Crippen molar-refractivity contribution in [3.63, 3.8) is 0 Å². The van der Waals surface area contributed by atoms with E-state index in [1.54, 1.807) is 18.3 Å². The van der Waals surface area contributed by atoms with Crippen molar-refractivity contribution in [1.29, 1.82) is 0 Å². The second kappa shape index (κ2) is 4.84. The average molecular weight is 181 g/mol. The largest absolute Gasteiger partial charge is 0.494 e. The van der Waals surface area contributed by atoms with Crippen LogP contribution in [0.2, 0.25) is 0 Å². The van der Waals surface area contributed by atoms with Crippen molar-refractivity contribution >= 4 is 12.6 Å². The summed E-state index contributed by atoms with van der Waals surface area (Å²) in [7, 11) is -1.53. The Morgan fingerprint density at radius 3 is 2.92 bits per heavy atom. The van der Waals surface area contributed by atoms with Gasteiger partial charge >= 0.3 is 7.12 Å². The molecule has 13 heavy (non-hydrogen) atoms. The average Bonchev–Trinajstić information content (AvgIpc) is 2.15. The van der Waals surface area contributed by atoms with Gasteiger partial charge in [-0.2, -0.15) is 0 Å². The molecule has 0 atom stereocenters. The quantitative estimate of drug-likeness (QED) is 0.617. The minimum atomic E-state index is -1.53. The van der Waals surface area contributed by atoms with Crippen molar-refractivity contribution in [3.8, 4) is 5.88 Å². The highest BCUT2D eigenvalue weighted by atomic mass is 16.5. The van der Waals surface area contributed by atoms with Gasteiger partial charge < -0.3 is 14.8 Å². The van der Waals surface area contributed by atoms with Crippen LogP contribution in [-0.4, -0.2) is 28.8 Å². The van der Waals surface area contributed by atoms with E-state index in [0.29, 0.717) is 17.9 Å². The molecule has 0 aliphatic rings. The molecule has 0 radical (unpaired) electrons. The Morgan fingerprint density at radius 1 is 1.54 bits per heavy atom. The van der Waals surface area contributed by atoms with Crippen molar-refractivity contribution in [2.45, 2.75) is 13.3 Å². The summed E-state index contributed by atoms with van der Waals surface area (Å²) in [5.74, 6) is 0.291. The fraction of sp³-hybridized carbons (Fsp3) is 0.375. The van der Waals surface area contributed by atoms with Crippen molar-refractivity contribution < 1.29 is 14.8 Å². The summed E-state index contributed by atoms with van der Waals surface area (Å²) in [6.45, 7) is 2.49. The summed E-state index contributed by atoms with van der Waals surface area (Å²) >= 11 is 0. The number of aromatic nitrogens is 1. The lowest BCUT2D eigenvalue weighted by Crippen LogP contribution is -2.32. The lowest BCUT2D eigenvalue weighted by molar-refractivity contribution is 0.306. The van der Waals surface area contributed by atoms with E-state index in [-0.39, 0.29) is 0 Å². The first-order valence-electron chi connectivity index (χ1n) is 4.19. The second-order valence-corrected chi connectivity index (χ2v) is 2.62. The maximum Gasteiger partial charge on any atom is 0.494 e. The molecule has 0 aliphatic carbocycles. The summed E-state index contributed by atoms with van der Waals surface area (Å²) in [6, 6.07) is 3.20. The molecule has 2 N–H and O–H groups in total. The molecule has 0 saturated carbocycles. The van der Waals surface area contributed by atoms with Gasteiger partial charge in [0.2, 0.25) is 5.88 Å². The van der Waals surface area contributed by atoms with Crippen LogP contribution in [0.4, 0.5) is 0 Å². The molecule has 5 heteroatoms. The highest BCUT2D eigenvalue weighted by Crippen LogP contribution is 2.02. The summed E-state index contributed by atoms with van der Waals surface area (Å²) < 4.78 is 5.22. The van der Waals surface area contributed by atoms with Gasteiger partial charge in [0.1, 0.15) is 0 Å². The standard InChI is InChI=1S/C8H12BNO3/c1-2-6-13-8-7(9(11)12)4-3-5-10-8/h3-5,11-12H,2,6H2,1H3. The predicted octanol–water partition coefficient (Wildman–Crippen LogP) is -0.450. The number of rotatable bonds is 4. The van der Waals surface area contributed by atoms with Gasteiger partial charge in [-0.25, -0.2) is 4.98 Å². The maximum absolute atomic E-state index is 8.94. The second-order valence-electron chi connectivity index (χ2n) is 2.62. The molecule has 0 amide bonds. The first-order chi connectivity index (χ1) is 6.25. The van der Waals surface area contributed by atoms with Crippen LogP contribution in [0.15, 0.2) is 18.3 Å². The van der Waals surface area contributed by atoms with E-state index in [4.69, 9.17) is 14.8 Å². The monoisotopic (exact) mass is 181 g/mol. The fourth-order valence-electron chi connectivity index (χ4n) is 0.919. The molecule has 1 heterocycles. The molecule has 0 spiro atoms. The molecule has 1 aromatic rings. The molecule has 0 unspecified atom stereocenters. The van der Waals surface area contributed by atoms with E-state index in [1.165, 1.54) is 0 Å². The van der Waals surface area contributed by atoms with Crippen LogP contribution in [0.25, 0.3) is 0 Å². The van der Waals surface area contributed by atoms with Crippen molar-refractivity contribution in [3.05, 3.63) is 18.3 Å². The van der Waals surface area contributed by atoms with Gasteiger partial charge in [0.15, 0.2) is 0 Å². The topological polar surface area (TPSA) is 62.6 Å². The molecule has 0 fully saturated rings. The molecule has 0 aromatic carbocycles. The van der Waals surface area contributed by atoms with Crippen LogP contribution in [-0.2, 0) is 0 Å². The molecular formula is C8H12BNO3. The van der Waals surface area contributed by atoms with E-state index >= 15 is 0 Å². The van der Waals surface area contributed by atoms with E-state index in [9.17, 15) is 0 Å². The molecular weight excluding hydrogens is 169 g/mol. The Bertz CT molecular complexity index is 267. The zero-order valence-electron chi connectivity index (χ0n) is 7.47. The van der Waals surface area contributed by atoms with Gasteiger partial charge in [0, 0.05) is 11.7 Å². The van der Waals surface area contributed by atoms with Gasteiger partial charge in [-0.15, -0.1) is 0 Å². The van der Waals surface area contributed by atoms with Crippen molar-refractivity contribution in [2.24, 2.45) is 0 Å². The van der Waals surface area contributed by atoms with E-state index in [1.807, 2.05) is 6.92 Å². The summed E-state index contributed by atoms with van der Waals surface area (Å²) in [5, 5.41) is 17.9. The van der Waals surface area contributed by atoms with Crippen molar-refractivity contribution in [1.82, 2.24) is 4.98 Å². The normalized spacial score (nSPS) is 9.77. The highest BCUT2D eigenvalue weighted by molar-refractivity contribution is 6.59. The first-order valence-corrected chi connectivity index (χ1v) is 4.19. The molecule has 1 aromatic heterocycles. The van der Waals surface area contributed by atoms with Gasteiger partial charge in [0.25, 0.3) is 0 Å². The van der Waals surface area contributed by atoms with E-state index < -0.39 is 7.12 Å². The highest BCUT2D eigenvalue weighted by Gasteiger charge is 2.17. The van der Waals surface area contributed by atoms with Crippen LogP contribution in [0.1, 0.15) is 13.3 Å². The maximum atomic E-state index is 8.94. The number of nitrogens with zero attached hydrogens (tertiary/aromatic N) is 1. The summed E-state index contributed by atoms with van der Waals surface area (Å²) in [5.41, 5.74) is 0.302. The number of pyridine rings is 1. The third-order valence-electron chi connectivity index (χ3n) is 1.52. The van der Waals surface area contributed by atoms with Gasteiger partial charge in [0.05, 0.1) is 6.61 Å².